The number of halogens is 7. The predicted molar refractivity (Wildman–Crippen MR) is 130 cm³/mol. The van der Waals surface area contributed by atoms with Crippen LogP contribution in [-0.2, 0) is 14.8 Å². The normalized spacial score (nSPS) is 11.5. The Bertz CT molecular complexity index is 1450. The van der Waals surface area contributed by atoms with Crippen molar-refractivity contribution in [3.63, 3.8) is 0 Å². The van der Waals surface area contributed by atoms with Gasteiger partial charge < -0.3 is 24.8 Å². The van der Waals surface area contributed by atoms with Gasteiger partial charge in [0.25, 0.3) is 0 Å². The van der Waals surface area contributed by atoms with Crippen LogP contribution in [0.5, 0.6) is 11.5 Å². The van der Waals surface area contributed by atoms with Crippen LogP contribution in [0.4, 0.5) is 48.2 Å². The summed E-state index contributed by atoms with van der Waals surface area (Å²) in [6, 6.07) is 6.66. The molecule has 0 spiro atoms. The Morgan fingerprint density at radius 3 is 2.27 bits per heavy atom. The van der Waals surface area contributed by atoms with Crippen LogP contribution in [0.2, 0.25) is 0 Å². The van der Waals surface area contributed by atoms with Crippen LogP contribution in [0.25, 0.3) is 0 Å². The maximum Gasteiger partial charge on any atom is 0.387 e. The molecule has 0 atom stereocenters. The molecule has 1 aromatic heterocycles. The fourth-order valence-corrected chi connectivity index (χ4v) is 4.42. The maximum atomic E-state index is 14.2. The second-order valence-corrected chi connectivity index (χ2v) is 9.56. The molecule has 2 aromatic carbocycles. The number of rotatable bonds is 15. The number of sulfonamides is 1. The first-order valence-electron chi connectivity index (χ1n) is 11.5. The predicted octanol–water partition coefficient (Wildman–Crippen LogP) is 4.32. The van der Waals surface area contributed by atoms with Crippen molar-refractivity contribution < 1.29 is 53.4 Å². The standard InChI is InChI=1S/C23H22F7N5O5S/c1-38-9-10-39-13-5-3-12(4-6-13)34-23-32-11-14(24)21(35-23)31-7-2-8-33-41(36,37)20-18(28)16(26)15(25)17(27)19(20)40-22(29)30/h3-6,11,22,33H,2,7-10H2,1H3,(H2,31,32,34,35). The van der Waals surface area contributed by atoms with Crippen molar-refractivity contribution in [1.82, 2.24) is 14.7 Å². The zero-order chi connectivity index (χ0) is 30.2. The minimum Gasteiger partial charge on any atom is -0.491 e. The van der Waals surface area contributed by atoms with Crippen molar-refractivity contribution in [2.24, 2.45) is 0 Å². The lowest BCUT2D eigenvalue weighted by molar-refractivity contribution is -0.0551. The van der Waals surface area contributed by atoms with E-state index in [1.165, 1.54) is 0 Å². The number of ether oxygens (including phenoxy) is 3. The largest absolute Gasteiger partial charge is 0.491 e. The van der Waals surface area contributed by atoms with Crippen LogP contribution < -0.4 is 24.8 Å². The van der Waals surface area contributed by atoms with Crippen LogP contribution >= 0.6 is 0 Å². The van der Waals surface area contributed by atoms with E-state index in [1.807, 2.05) is 0 Å². The van der Waals surface area contributed by atoms with Crippen molar-refractivity contribution in [3.8, 4) is 11.5 Å². The molecular formula is C23H22F7N5O5S. The van der Waals surface area contributed by atoms with E-state index in [0.717, 1.165) is 6.20 Å². The van der Waals surface area contributed by atoms with E-state index in [-0.39, 0.29) is 24.7 Å². The lowest BCUT2D eigenvalue weighted by Crippen LogP contribution is -2.29. The molecule has 0 bridgehead atoms. The lowest BCUT2D eigenvalue weighted by Gasteiger charge is -2.15. The van der Waals surface area contributed by atoms with Crippen LogP contribution in [0, 0.1) is 29.1 Å². The van der Waals surface area contributed by atoms with Gasteiger partial charge in [0.05, 0.1) is 12.8 Å². The van der Waals surface area contributed by atoms with E-state index in [4.69, 9.17) is 9.47 Å². The molecule has 0 aliphatic rings. The first-order valence-corrected chi connectivity index (χ1v) is 13.0. The van der Waals surface area contributed by atoms with Gasteiger partial charge in [-0.25, -0.2) is 35.7 Å². The molecule has 0 fully saturated rings. The number of hydrogen-bond acceptors (Lipinski definition) is 9. The van der Waals surface area contributed by atoms with Crippen LogP contribution in [0.3, 0.4) is 0 Å². The van der Waals surface area contributed by atoms with Gasteiger partial charge in [-0.2, -0.15) is 18.2 Å². The van der Waals surface area contributed by atoms with E-state index < -0.39 is 62.9 Å². The fourth-order valence-electron chi connectivity index (χ4n) is 3.16. The third kappa shape index (κ3) is 8.30. The minimum atomic E-state index is -5.22. The van der Waals surface area contributed by atoms with Gasteiger partial charge in [0, 0.05) is 25.9 Å². The number of methoxy groups -OCH3 is 1. The number of hydrogen-bond donors (Lipinski definition) is 3. The molecule has 0 amide bonds. The van der Waals surface area contributed by atoms with Gasteiger partial charge >= 0.3 is 6.61 Å². The highest BCUT2D eigenvalue weighted by molar-refractivity contribution is 7.89. The Hall–Kier alpha value is -3.90. The first kappa shape index (κ1) is 31.6. The zero-order valence-corrected chi connectivity index (χ0v) is 21.8. The average molecular weight is 614 g/mol. The summed E-state index contributed by atoms with van der Waals surface area (Å²) in [7, 11) is -3.67. The third-order valence-corrected chi connectivity index (χ3v) is 6.49. The highest BCUT2D eigenvalue weighted by Gasteiger charge is 2.35. The van der Waals surface area contributed by atoms with Crippen molar-refractivity contribution in [2.45, 2.75) is 17.9 Å². The molecule has 0 unspecified atom stereocenters. The van der Waals surface area contributed by atoms with Crippen LogP contribution in [0.15, 0.2) is 35.4 Å². The highest BCUT2D eigenvalue weighted by atomic mass is 32.2. The monoisotopic (exact) mass is 613 g/mol. The SMILES string of the molecule is COCCOc1ccc(Nc2ncc(F)c(NCCCNS(=O)(=O)c3c(F)c(F)c(F)c(F)c3OC(F)F)n2)cc1. The van der Waals surface area contributed by atoms with E-state index in [2.05, 4.69) is 25.3 Å². The Morgan fingerprint density at radius 1 is 0.927 bits per heavy atom. The Labute approximate surface area is 228 Å². The van der Waals surface area contributed by atoms with Crippen molar-refractivity contribution in [2.75, 3.05) is 44.0 Å². The number of benzene rings is 2. The summed E-state index contributed by atoms with van der Waals surface area (Å²) in [6.45, 7) is -3.81. The Kier molecular flexibility index (Phi) is 10.9. The van der Waals surface area contributed by atoms with E-state index in [0.29, 0.717) is 24.7 Å². The van der Waals surface area contributed by atoms with Gasteiger partial charge in [0.2, 0.25) is 27.6 Å². The number of nitrogens with one attached hydrogen (secondary N) is 3. The molecule has 224 valence electrons. The molecule has 3 aromatic rings. The maximum absolute atomic E-state index is 14.2. The molecule has 0 radical (unpaired) electrons. The fraction of sp³-hybridized carbons (Fsp3) is 0.304. The van der Waals surface area contributed by atoms with Crippen molar-refractivity contribution in [3.05, 3.63) is 59.5 Å². The molecular weight excluding hydrogens is 591 g/mol. The summed E-state index contributed by atoms with van der Waals surface area (Å²) in [5.41, 5.74) is 0.548. The molecule has 0 saturated carbocycles. The molecule has 0 aliphatic heterocycles. The summed E-state index contributed by atoms with van der Waals surface area (Å²) in [6.07, 6.45) is 0.725. The van der Waals surface area contributed by atoms with Crippen molar-refractivity contribution in [1.29, 1.82) is 0 Å². The smallest absolute Gasteiger partial charge is 0.387 e. The number of alkyl halides is 2. The molecule has 41 heavy (non-hydrogen) atoms. The van der Waals surface area contributed by atoms with Crippen molar-refractivity contribution >= 4 is 27.5 Å². The average Bonchev–Trinajstić information content (AvgIpc) is 2.92. The summed E-state index contributed by atoms with van der Waals surface area (Å²) in [4.78, 5) is 5.81. The molecule has 3 rings (SSSR count). The van der Waals surface area contributed by atoms with E-state index in [9.17, 15) is 39.2 Å². The van der Waals surface area contributed by atoms with E-state index >= 15 is 0 Å². The molecule has 0 saturated heterocycles. The van der Waals surface area contributed by atoms with Gasteiger partial charge in [0.1, 0.15) is 12.4 Å². The molecule has 0 aliphatic carbocycles. The number of nitrogens with zero attached hydrogens (tertiary/aromatic N) is 2. The summed E-state index contributed by atoms with van der Waals surface area (Å²) in [5.74, 6) is -12.6. The highest BCUT2D eigenvalue weighted by Crippen LogP contribution is 2.35. The third-order valence-electron chi connectivity index (χ3n) is 5.01. The summed E-state index contributed by atoms with van der Waals surface area (Å²) in [5, 5.41) is 5.43. The molecule has 10 nitrogen and oxygen atoms in total. The molecule has 3 N–H and O–H groups in total. The van der Waals surface area contributed by atoms with Gasteiger partial charge in [-0.1, -0.05) is 0 Å². The van der Waals surface area contributed by atoms with Gasteiger partial charge in [0.15, 0.2) is 33.9 Å². The Morgan fingerprint density at radius 2 is 1.61 bits per heavy atom. The lowest BCUT2D eigenvalue weighted by atomic mass is 10.3. The number of anilines is 3. The quantitative estimate of drug-likeness (QED) is 0.0995. The minimum absolute atomic E-state index is 0.00468. The topological polar surface area (TPSA) is 124 Å². The number of aromatic nitrogens is 2. The van der Waals surface area contributed by atoms with Gasteiger partial charge in [-0.3, -0.25) is 0 Å². The van der Waals surface area contributed by atoms with Gasteiger partial charge in [-0.05, 0) is 30.7 Å². The molecule has 18 heteroatoms. The Balaban J connectivity index is 1.60. The first-order chi connectivity index (χ1) is 19.4. The van der Waals surface area contributed by atoms with Gasteiger partial charge in [-0.15, -0.1) is 0 Å². The second-order valence-electron chi connectivity index (χ2n) is 7.85. The summed E-state index contributed by atoms with van der Waals surface area (Å²) < 4.78 is 135. The molecule has 1 heterocycles. The zero-order valence-electron chi connectivity index (χ0n) is 21.0. The second kappa shape index (κ2) is 14.1. The summed E-state index contributed by atoms with van der Waals surface area (Å²) >= 11 is 0. The van der Waals surface area contributed by atoms with Crippen LogP contribution in [0.1, 0.15) is 6.42 Å². The van der Waals surface area contributed by atoms with Crippen LogP contribution in [-0.4, -0.2) is 58.4 Å². The van der Waals surface area contributed by atoms with E-state index in [1.54, 1.807) is 36.1 Å².